The van der Waals surface area contributed by atoms with Gasteiger partial charge >= 0.3 is 0 Å². The maximum Gasteiger partial charge on any atom is 0.0314 e. The molecule has 0 atom stereocenters. The summed E-state index contributed by atoms with van der Waals surface area (Å²) in [5, 5.41) is 0. The predicted molar refractivity (Wildman–Crippen MR) is 67.5 cm³/mol. The molecule has 0 spiro atoms. The molecule has 0 aromatic heterocycles. The van der Waals surface area contributed by atoms with Crippen LogP contribution in [0, 0.1) is 0 Å². The molecule has 0 saturated carbocycles. The second-order valence-electron chi connectivity index (χ2n) is 2.23. The number of anilines is 1. The number of nitrogen functional groups attached to an aromatic ring is 1. The van der Waals surface area contributed by atoms with Crippen molar-refractivity contribution in [1.82, 2.24) is 0 Å². The summed E-state index contributed by atoms with van der Waals surface area (Å²) >= 11 is 0. The van der Waals surface area contributed by atoms with Gasteiger partial charge in [0.2, 0.25) is 0 Å². The second kappa shape index (κ2) is 11.8. The highest BCUT2D eigenvalue weighted by Crippen LogP contribution is 2.05. The Bertz CT molecular complexity index is 211. The summed E-state index contributed by atoms with van der Waals surface area (Å²) in [6.45, 7) is 11.6. The van der Waals surface area contributed by atoms with Gasteiger partial charge in [-0.05, 0) is 24.1 Å². The Morgan fingerprint density at radius 3 is 1.86 bits per heavy atom. The normalized spacial score (nSPS) is 7.43. The number of allylic oxidation sites excluding steroid dienone is 1. The Morgan fingerprint density at radius 1 is 1.07 bits per heavy atom. The summed E-state index contributed by atoms with van der Waals surface area (Å²) in [7, 11) is 0. The number of rotatable bonds is 2. The molecule has 1 aromatic carbocycles. The molecule has 1 nitrogen and oxygen atoms in total. The highest BCUT2D eigenvalue weighted by molar-refractivity contribution is 5.39. The van der Waals surface area contributed by atoms with Crippen LogP contribution in [0.1, 0.15) is 33.3 Å². The average Bonchev–Trinajstić information content (AvgIpc) is 2.28. The number of benzene rings is 1. The summed E-state index contributed by atoms with van der Waals surface area (Å²) in [4.78, 5) is 0. The molecule has 0 bridgehead atoms. The molecule has 0 aliphatic rings. The van der Waals surface area contributed by atoms with Crippen molar-refractivity contribution < 1.29 is 0 Å². The van der Waals surface area contributed by atoms with Crippen LogP contribution >= 0.6 is 0 Å². The standard InChI is InChI=1S/C9H11N.2C2H6/c1-2-3-8-4-6-9(10)7-5-8;2*1-2/h2,4-7H,1,3,10H2;2*1-2H3. The van der Waals surface area contributed by atoms with Gasteiger partial charge in [0.15, 0.2) is 0 Å². The van der Waals surface area contributed by atoms with Gasteiger partial charge in [-0.1, -0.05) is 45.9 Å². The van der Waals surface area contributed by atoms with Crippen LogP contribution < -0.4 is 5.73 Å². The molecule has 0 amide bonds. The summed E-state index contributed by atoms with van der Waals surface area (Å²) in [5.74, 6) is 0. The molecule has 0 heterocycles. The van der Waals surface area contributed by atoms with E-state index in [4.69, 9.17) is 5.73 Å². The van der Waals surface area contributed by atoms with Crippen molar-refractivity contribution >= 4 is 5.69 Å². The SMILES string of the molecule is C=CCc1ccc(N)cc1.CC.CC. The maximum atomic E-state index is 5.50. The second-order valence-corrected chi connectivity index (χ2v) is 2.23. The van der Waals surface area contributed by atoms with E-state index in [9.17, 15) is 0 Å². The zero-order valence-electron chi connectivity index (χ0n) is 9.88. The fourth-order valence-corrected chi connectivity index (χ4v) is 0.820. The molecule has 0 radical (unpaired) electrons. The van der Waals surface area contributed by atoms with E-state index in [1.54, 1.807) is 0 Å². The Morgan fingerprint density at radius 2 is 1.50 bits per heavy atom. The highest BCUT2D eigenvalue weighted by Gasteiger charge is 1.86. The van der Waals surface area contributed by atoms with E-state index in [1.807, 2.05) is 58.0 Å². The quantitative estimate of drug-likeness (QED) is 0.556. The molecule has 0 fully saturated rings. The van der Waals surface area contributed by atoms with Crippen LogP contribution in [-0.2, 0) is 6.42 Å². The van der Waals surface area contributed by atoms with Crippen molar-refractivity contribution in [2.75, 3.05) is 5.73 Å². The van der Waals surface area contributed by atoms with E-state index in [0.717, 1.165) is 12.1 Å². The molecule has 2 N–H and O–H groups in total. The molecule has 0 saturated heterocycles. The Hall–Kier alpha value is -1.24. The molecule has 1 heteroatoms. The van der Waals surface area contributed by atoms with E-state index in [0.29, 0.717) is 0 Å². The fraction of sp³-hybridized carbons (Fsp3) is 0.385. The van der Waals surface area contributed by atoms with Crippen LogP contribution in [0.4, 0.5) is 5.69 Å². The van der Waals surface area contributed by atoms with Gasteiger partial charge in [-0.15, -0.1) is 6.58 Å². The van der Waals surface area contributed by atoms with Gasteiger partial charge in [-0.25, -0.2) is 0 Å². The lowest BCUT2D eigenvalue weighted by Gasteiger charge is -1.95. The van der Waals surface area contributed by atoms with E-state index >= 15 is 0 Å². The van der Waals surface area contributed by atoms with Gasteiger partial charge < -0.3 is 5.73 Å². The maximum absolute atomic E-state index is 5.50. The molecule has 0 unspecified atom stereocenters. The van der Waals surface area contributed by atoms with Gasteiger partial charge in [0.1, 0.15) is 0 Å². The lowest BCUT2D eigenvalue weighted by atomic mass is 10.1. The number of hydrogen-bond donors (Lipinski definition) is 1. The van der Waals surface area contributed by atoms with E-state index in [-0.39, 0.29) is 0 Å². The summed E-state index contributed by atoms with van der Waals surface area (Å²) < 4.78 is 0. The summed E-state index contributed by atoms with van der Waals surface area (Å²) in [6, 6.07) is 7.83. The van der Waals surface area contributed by atoms with Crippen LogP contribution in [0.3, 0.4) is 0 Å². The van der Waals surface area contributed by atoms with Crippen molar-refractivity contribution in [3.63, 3.8) is 0 Å². The third-order valence-electron chi connectivity index (χ3n) is 1.36. The smallest absolute Gasteiger partial charge is 0.0314 e. The topological polar surface area (TPSA) is 26.0 Å². The number of nitrogens with two attached hydrogens (primary N) is 1. The van der Waals surface area contributed by atoms with Crippen molar-refractivity contribution in [3.8, 4) is 0 Å². The van der Waals surface area contributed by atoms with Gasteiger partial charge in [0.25, 0.3) is 0 Å². The van der Waals surface area contributed by atoms with Crippen molar-refractivity contribution in [3.05, 3.63) is 42.5 Å². The third-order valence-corrected chi connectivity index (χ3v) is 1.36. The molecule has 1 aromatic rings. The van der Waals surface area contributed by atoms with Gasteiger partial charge in [0.05, 0.1) is 0 Å². The van der Waals surface area contributed by atoms with Crippen LogP contribution in [0.15, 0.2) is 36.9 Å². The molecular formula is C13H23N. The zero-order valence-corrected chi connectivity index (χ0v) is 9.88. The monoisotopic (exact) mass is 193 g/mol. The Balaban J connectivity index is 0. The summed E-state index contributed by atoms with van der Waals surface area (Å²) in [6.07, 6.45) is 2.80. The molecule has 14 heavy (non-hydrogen) atoms. The first-order valence-corrected chi connectivity index (χ1v) is 5.28. The minimum Gasteiger partial charge on any atom is -0.399 e. The molecule has 0 aliphatic carbocycles. The Kier molecular flexibility index (Phi) is 12.8. The first-order chi connectivity index (χ1) is 6.83. The van der Waals surface area contributed by atoms with Crippen LogP contribution in [0.25, 0.3) is 0 Å². The zero-order chi connectivity index (χ0) is 11.4. The van der Waals surface area contributed by atoms with Crippen LogP contribution in [-0.4, -0.2) is 0 Å². The van der Waals surface area contributed by atoms with Crippen molar-refractivity contribution in [1.29, 1.82) is 0 Å². The third kappa shape index (κ3) is 7.41. The predicted octanol–water partition coefficient (Wildman–Crippen LogP) is 4.05. The van der Waals surface area contributed by atoms with Gasteiger partial charge in [-0.2, -0.15) is 0 Å². The summed E-state index contributed by atoms with van der Waals surface area (Å²) in [5.41, 5.74) is 7.56. The van der Waals surface area contributed by atoms with Crippen LogP contribution in [0.5, 0.6) is 0 Å². The first kappa shape index (κ1) is 15.2. The Labute approximate surface area is 88.6 Å². The van der Waals surface area contributed by atoms with Crippen molar-refractivity contribution in [2.24, 2.45) is 0 Å². The molecule has 1 rings (SSSR count). The van der Waals surface area contributed by atoms with E-state index < -0.39 is 0 Å². The fourth-order valence-electron chi connectivity index (χ4n) is 0.820. The van der Waals surface area contributed by atoms with E-state index in [2.05, 4.69) is 6.58 Å². The first-order valence-electron chi connectivity index (χ1n) is 5.28. The van der Waals surface area contributed by atoms with Crippen LogP contribution in [0.2, 0.25) is 0 Å². The average molecular weight is 193 g/mol. The van der Waals surface area contributed by atoms with Gasteiger partial charge in [-0.3, -0.25) is 0 Å². The largest absolute Gasteiger partial charge is 0.399 e. The molecule has 0 aliphatic heterocycles. The number of hydrogen-bond acceptors (Lipinski definition) is 1. The lowest BCUT2D eigenvalue weighted by molar-refractivity contribution is 1.28. The van der Waals surface area contributed by atoms with Gasteiger partial charge in [0, 0.05) is 5.69 Å². The minimum absolute atomic E-state index is 0.813. The molecule has 80 valence electrons. The minimum atomic E-state index is 0.813. The van der Waals surface area contributed by atoms with Crippen molar-refractivity contribution in [2.45, 2.75) is 34.1 Å². The highest BCUT2D eigenvalue weighted by atomic mass is 14.5. The van der Waals surface area contributed by atoms with E-state index in [1.165, 1.54) is 5.56 Å². The lowest BCUT2D eigenvalue weighted by Crippen LogP contribution is -1.84. The molecular weight excluding hydrogens is 170 g/mol.